The Morgan fingerprint density at radius 1 is 1.14 bits per heavy atom. The topological polar surface area (TPSA) is 64.6 Å². The molecule has 0 aromatic carbocycles. The standard InChI is InChI=1S/C16H27NO4/c1-3-21-14-8-11(9-14)10-15(18)17-13-6-4-12(5-7-13)16(19)20-2/h11-14H,3-10H2,1-2H3,(H,17,18). The Kier molecular flexibility index (Phi) is 6.03. The summed E-state index contributed by atoms with van der Waals surface area (Å²) in [6, 6.07) is 0.223. The van der Waals surface area contributed by atoms with Crippen LogP contribution in [0.3, 0.4) is 0 Å². The lowest BCUT2D eigenvalue weighted by Crippen LogP contribution is -2.41. The van der Waals surface area contributed by atoms with Crippen molar-refractivity contribution in [1.82, 2.24) is 5.32 Å². The molecule has 1 amide bonds. The maximum Gasteiger partial charge on any atom is 0.308 e. The Bertz CT molecular complexity index is 357. The smallest absolute Gasteiger partial charge is 0.308 e. The first-order chi connectivity index (χ1) is 10.1. The Morgan fingerprint density at radius 3 is 2.38 bits per heavy atom. The average Bonchev–Trinajstić information content (AvgIpc) is 2.45. The van der Waals surface area contributed by atoms with E-state index in [1.165, 1.54) is 7.11 Å². The predicted molar refractivity (Wildman–Crippen MR) is 78.7 cm³/mol. The zero-order valence-corrected chi connectivity index (χ0v) is 13.1. The summed E-state index contributed by atoms with van der Waals surface area (Å²) in [7, 11) is 1.43. The molecule has 0 spiro atoms. The minimum Gasteiger partial charge on any atom is -0.469 e. The van der Waals surface area contributed by atoms with E-state index in [2.05, 4.69) is 5.32 Å². The molecule has 0 unspecified atom stereocenters. The number of ether oxygens (including phenoxy) is 2. The summed E-state index contributed by atoms with van der Waals surface area (Å²) in [4.78, 5) is 23.5. The normalized spacial score (nSPS) is 32.1. The minimum absolute atomic E-state index is 0.0155. The lowest BCUT2D eigenvalue weighted by molar-refractivity contribution is -0.146. The molecule has 2 aliphatic carbocycles. The summed E-state index contributed by atoms with van der Waals surface area (Å²) in [6.07, 6.45) is 6.37. The molecule has 0 saturated heterocycles. The van der Waals surface area contributed by atoms with Gasteiger partial charge >= 0.3 is 5.97 Å². The molecule has 0 radical (unpaired) electrons. The predicted octanol–water partition coefficient (Wildman–Crippen LogP) is 2.04. The van der Waals surface area contributed by atoms with Crippen molar-refractivity contribution < 1.29 is 19.1 Å². The number of methoxy groups -OCH3 is 1. The molecule has 2 rings (SSSR count). The van der Waals surface area contributed by atoms with Crippen LogP contribution in [0.4, 0.5) is 0 Å². The molecule has 21 heavy (non-hydrogen) atoms. The van der Waals surface area contributed by atoms with Crippen LogP contribution in [0.5, 0.6) is 0 Å². The first-order valence-electron chi connectivity index (χ1n) is 8.11. The summed E-state index contributed by atoms with van der Waals surface area (Å²) in [5.41, 5.74) is 0. The molecule has 0 aliphatic heterocycles. The summed E-state index contributed by atoms with van der Waals surface area (Å²) >= 11 is 0. The van der Waals surface area contributed by atoms with Gasteiger partial charge in [0, 0.05) is 19.1 Å². The molecule has 2 saturated carbocycles. The van der Waals surface area contributed by atoms with Gasteiger partial charge in [-0.2, -0.15) is 0 Å². The van der Waals surface area contributed by atoms with Crippen LogP contribution in [0.15, 0.2) is 0 Å². The average molecular weight is 297 g/mol. The molecule has 5 nitrogen and oxygen atoms in total. The number of carbonyl (C=O) groups excluding carboxylic acids is 2. The van der Waals surface area contributed by atoms with Gasteiger partial charge in [0.1, 0.15) is 0 Å². The van der Waals surface area contributed by atoms with Gasteiger partial charge in [-0.1, -0.05) is 0 Å². The molecule has 5 heteroatoms. The van der Waals surface area contributed by atoms with Gasteiger partial charge in [-0.3, -0.25) is 9.59 Å². The SMILES string of the molecule is CCOC1CC(CC(=O)NC2CCC(C(=O)OC)CC2)C1. The Morgan fingerprint density at radius 2 is 1.81 bits per heavy atom. The Labute approximate surface area is 126 Å². The highest BCUT2D eigenvalue weighted by Gasteiger charge is 2.32. The molecule has 0 bridgehead atoms. The lowest BCUT2D eigenvalue weighted by Gasteiger charge is -2.35. The quantitative estimate of drug-likeness (QED) is 0.762. The fraction of sp³-hybridized carbons (Fsp3) is 0.875. The second-order valence-electron chi connectivity index (χ2n) is 6.26. The first kappa shape index (κ1) is 16.3. The minimum atomic E-state index is -0.115. The monoisotopic (exact) mass is 297 g/mol. The van der Waals surface area contributed by atoms with Gasteiger partial charge in [0.05, 0.1) is 19.1 Å². The lowest BCUT2D eigenvalue weighted by atomic mass is 9.79. The van der Waals surface area contributed by atoms with Crippen LogP contribution in [0.2, 0.25) is 0 Å². The van der Waals surface area contributed by atoms with Crippen molar-refractivity contribution in [3.8, 4) is 0 Å². The molecule has 1 N–H and O–H groups in total. The van der Waals surface area contributed by atoms with Gasteiger partial charge in [0.2, 0.25) is 5.91 Å². The third kappa shape index (κ3) is 4.70. The molecule has 2 aliphatic rings. The van der Waals surface area contributed by atoms with Crippen molar-refractivity contribution in [1.29, 1.82) is 0 Å². The number of hydrogen-bond acceptors (Lipinski definition) is 4. The zero-order chi connectivity index (χ0) is 15.2. The molecular weight excluding hydrogens is 270 g/mol. The van der Waals surface area contributed by atoms with Gasteiger partial charge in [-0.05, 0) is 51.4 Å². The van der Waals surface area contributed by atoms with Gasteiger partial charge in [0.25, 0.3) is 0 Å². The highest BCUT2D eigenvalue weighted by Crippen LogP contribution is 2.33. The van der Waals surface area contributed by atoms with E-state index in [1.807, 2.05) is 6.92 Å². The number of rotatable bonds is 6. The number of hydrogen-bond donors (Lipinski definition) is 1. The summed E-state index contributed by atoms with van der Waals surface area (Å²) in [6.45, 7) is 2.76. The van der Waals surface area contributed by atoms with E-state index in [-0.39, 0.29) is 23.8 Å². The Balaban J connectivity index is 1.60. The molecule has 0 heterocycles. The Hall–Kier alpha value is -1.10. The van der Waals surface area contributed by atoms with E-state index in [1.54, 1.807) is 0 Å². The summed E-state index contributed by atoms with van der Waals surface area (Å²) in [5, 5.41) is 3.11. The van der Waals surface area contributed by atoms with Crippen molar-refractivity contribution in [2.24, 2.45) is 11.8 Å². The van der Waals surface area contributed by atoms with Crippen molar-refractivity contribution in [2.75, 3.05) is 13.7 Å². The molecule has 120 valence electrons. The maximum atomic E-state index is 12.0. The first-order valence-corrected chi connectivity index (χ1v) is 8.11. The highest BCUT2D eigenvalue weighted by molar-refractivity contribution is 5.76. The summed E-state index contributed by atoms with van der Waals surface area (Å²) < 4.78 is 10.3. The molecule has 0 aromatic heterocycles. The van der Waals surface area contributed by atoms with Gasteiger partial charge in [-0.15, -0.1) is 0 Å². The van der Waals surface area contributed by atoms with Crippen LogP contribution in [0.25, 0.3) is 0 Å². The molecule has 2 fully saturated rings. The molecular formula is C16H27NO4. The van der Waals surface area contributed by atoms with E-state index in [4.69, 9.17) is 9.47 Å². The van der Waals surface area contributed by atoms with Crippen LogP contribution in [0.1, 0.15) is 51.9 Å². The van der Waals surface area contributed by atoms with E-state index in [0.29, 0.717) is 18.4 Å². The van der Waals surface area contributed by atoms with E-state index in [9.17, 15) is 9.59 Å². The van der Waals surface area contributed by atoms with Gasteiger partial charge in [0.15, 0.2) is 0 Å². The fourth-order valence-electron chi connectivity index (χ4n) is 3.40. The van der Waals surface area contributed by atoms with Gasteiger partial charge in [-0.25, -0.2) is 0 Å². The maximum absolute atomic E-state index is 12.0. The van der Waals surface area contributed by atoms with Crippen LogP contribution < -0.4 is 5.32 Å². The van der Waals surface area contributed by atoms with Crippen LogP contribution in [0, 0.1) is 11.8 Å². The fourth-order valence-corrected chi connectivity index (χ4v) is 3.40. The largest absolute Gasteiger partial charge is 0.469 e. The zero-order valence-electron chi connectivity index (χ0n) is 13.1. The van der Waals surface area contributed by atoms with E-state index in [0.717, 1.165) is 45.1 Å². The van der Waals surface area contributed by atoms with Crippen molar-refractivity contribution in [3.63, 3.8) is 0 Å². The second-order valence-corrected chi connectivity index (χ2v) is 6.26. The second kappa shape index (κ2) is 7.78. The van der Waals surface area contributed by atoms with Crippen LogP contribution in [-0.4, -0.2) is 37.7 Å². The van der Waals surface area contributed by atoms with E-state index < -0.39 is 0 Å². The third-order valence-electron chi connectivity index (χ3n) is 4.70. The highest BCUT2D eigenvalue weighted by atomic mass is 16.5. The van der Waals surface area contributed by atoms with Crippen LogP contribution in [-0.2, 0) is 19.1 Å². The van der Waals surface area contributed by atoms with Crippen molar-refractivity contribution in [3.05, 3.63) is 0 Å². The number of carbonyl (C=O) groups is 2. The van der Waals surface area contributed by atoms with Crippen LogP contribution >= 0.6 is 0 Å². The third-order valence-corrected chi connectivity index (χ3v) is 4.70. The summed E-state index contributed by atoms with van der Waals surface area (Å²) in [5.74, 6) is 0.530. The van der Waals surface area contributed by atoms with Crippen molar-refractivity contribution in [2.45, 2.75) is 64.0 Å². The molecule has 0 atom stereocenters. The number of nitrogens with one attached hydrogen (secondary N) is 1. The van der Waals surface area contributed by atoms with Gasteiger partial charge < -0.3 is 14.8 Å². The number of esters is 1. The number of amides is 1. The van der Waals surface area contributed by atoms with Crippen molar-refractivity contribution >= 4 is 11.9 Å². The van der Waals surface area contributed by atoms with E-state index >= 15 is 0 Å². The molecule has 0 aromatic rings.